The fourth-order valence-corrected chi connectivity index (χ4v) is 5.48. The third-order valence-electron chi connectivity index (χ3n) is 6.74. The number of fused-ring (bicyclic) bond motifs is 1. The van der Waals surface area contributed by atoms with Crippen LogP contribution in [0.1, 0.15) is 43.0 Å². The first-order valence-electron chi connectivity index (χ1n) is 13.4. The largest absolute Gasteiger partial charge is 0.352 e. The molecule has 0 unspecified atom stereocenters. The lowest BCUT2D eigenvalue weighted by atomic mass is 9.98. The Bertz CT molecular complexity index is 1380. The summed E-state index contributed by atoms with van der Waals surface area (Å²) in [5.74, 6) is -0.936. The van der Waals surface area contributed by atoms with Gasteiger partial charge in [-0.1, -0.05) is 50.2 Å². The van der Waals surface area contributed by atoms with E-state index in [1.54, 1.807) is 0 Å². The zero-order valence-corrected chi connectivity index (χ0v) is 23.6. The first kappa shape index (κ1) is 28.8. The first-order chi connectivity index (χ1) is 18.7. The van der Waals surface area contributed by atoms with Crippen LogP contribution in [0.5, 0.6) is 0 Å². The number of hydrogen-bond acceptors (Lipinski definition) is 3. The predicted molar refractivity (Wildman–Crippen MR) is 158 cm³/mol. The van der Waals surface area contributed by atoms with Crippen LogP contribution >= 0.6 is 12.6 Å². The SMILES string of the molecule is CC(=O)N[C@@H](Cc1cc(F)cc(F)c1)[C@@H](S)CNCc1cc(CC(C)C)cc2ccn(Cc3ccccc3)c12. The predicted octanol–water partition coefficient (Wildman–Crippen LogP) is 6.30. The Kier molecular flexibility index (Phi) is 9.81. The van der Waals surface area contributed by atoms with Gasteiger partial charge in [0.15, 0.2) is 0 Å². The van der Waals surface area contributed by atoms with E-state index in [4.69, 9.17) is 12.6 Å². The third-order valence-corrected chi connectivity index (χ3v) is 7.28. The normalized spacial score (nSPS) is 13.1. The van der Waals surface area contributed by atoms with Crippen molar-refractivity contribution < 1.29 is 13.6 Å². The summed E-state index contributed by atoms with van der Waals surface area (Å²) in [5, 5.41) is 7.37. The molecule has 206 valence electrons. The number of aromatic nitrogens is 1. The summed E-state index contributed by atoms with van der Waals surface area (Å²) in [6.07, 6.45) is 3.42. The van der Waals surface area contributed by atoms with Gasteiger partial charge in [0.05, 0.1) is 5.52 Å². The van der Waals surface area contributed by atoms with Crippen molar-refractivity contribution in [2.24, 2.45) is 5.92 Å². The molecule has 2 N–H and O–H groups in total. The van der Waals surface area contributed by atoms with E-state index < -0.39 is 17.7 Å². The topological polar surface area (TPSA) is 46.1 Å². The second-order valence-electron chi connectivity index (χ2n) is 10.7. The number of halogens is 2. The monoisotopic (exact) mass is 549 g/mol. The van der Waals surface area contributed by atoms with Gasteiger partial charge < -0.3 is 15.2 Å². The highest BCUT2D eigenvalue weighted by atomic mass is 32.1. The molecule has 0 radical (unpaired) electrons. The van der Waals surface area contributed by atoms with E-state index in [1.807, 2.05) is 6.07 Å². The molecule has 0 saturated carbocycles. The first-order valence-corrected chi connectivity index (χ1v) is 13.9. The van der Waals surface area contributed by atoms with Gasteiger partial charge in [-0.15, -0.1) is 0 Å². The van der Waals surface area contributed by atoms with Crippen LogP contribution < -0.4 is 10.6 Å². The molecule has 39 heavy (non-hydrogen) atoms. The molecule has 1 heterocycles. The van der Waals surface area contributed by atoms with E-state index in [1.165, 1.54) is 46.6 Å². The molecule has 0 fully saturated rings. The zero-order chi connectivity index (χ0) is 27.9. The van der Waals surface area contributed by atoms with Crippen molar-refractivity contribution in [1.29, 1.82) is 0 Å². The van der Waals surface area contributed by atoms with Gasteiger partial charge in [0.25, 0.3) is 0 Å². The summed E-state index contributed by atoms with van der Waals surface area (Å²) < 4.78 is 29.8. The molecule has 4 nitrogen and oxygen atoms in total. The molecule has 2 atom stereocenters. The molecular formula is C32H37F2N3OS. The van der Waals surface area contributed by atoms with Crippen molar-refractivity contribution in [2.45, 2.75) is 58.0 Å². The standard InChI is InChI=1S/C32H37F2N3OS/c1-21(2)11-24-12-26-9-10-37(20-23-7-5-4-6-8-23)32(26)27(13-24)18-35-19-31(39)30(36-22(3)38)16-25-14-28(33)17-29(34)15-25/h4-10,12-15,17,21,30-31,35,39H,11,16,18-20H2,1-3H3,(H,36,38)/t30-,31-/m0/s1. The van der Waals surface area contributed by atoms with E-state index in [9.17, 15) is 13.6 Å². The highest BCUT2D eigenvalue weighted by Gasteiger charge is 2.21. The van der Waals surface area contributed by atoms with Crippen molar-refractivity contribution in [3.63, 3.8) is 0 Å². The van der Waals surface area contributed by atoms with Crippen molar-refractivity contribution in [3.05, 3.63) is 107 Å². The van der Waals surface area contributed by atoms with E-state index in [2.05, 4.69) is 77.7 Å². The molecule has 1 aromatic heterocycles. The smallest absolute Gasteiger partial charge is 0.217 e. The van der Waals surface area contributed by atoms with Crippen molar-refractivity contribution in [2.75, 3.05) is 6.54 Å². The van der Waals surface area contributed by atoms with E-state index in [0.29, 0.717) is 24.6 Å². The number of amides is 1. The average molecular weight is 550 g/mol. The highest BCUT2D eigenvalue weighted by Crippen LogP contribution is 2.25. The van der Waals surface area contributed by atoms with Crippen molar-refractivity contribution >= 4 is 29.4 Å². The molecule has 4 aromatic rings. The fraction of sp³-hybridized carbons (Fsp3) is 0.344. The fourth-order valence-electron chi connectivity index (χ4n) is 5.17. The van der Waals surface area contributed by atoms with Crippen molar-refractivity contribution in [3.8, 4) is 0 Å². The molecule has 3 aromatic carbocycles. The number of hydrogen-bond donors (Lipinski definition) is 3. The molecule has 7 heteroatoms. The number of rotatable bonds is 12. The van der Waals surface area contributed by atoms with Crippen molar-refractivity contribution in [1.82, 2.24) is 15.2 Å². The minimum Gasteiger partial charge on any atom is -0.352 e. The molecule has 0 aliphatic heterocycles. The van der Waals surface area contributed by atoms with E-state index >= 15 is 0 Å². The Labute approximate surface area is 235 Å². The van der Waals surface area contributed by atoms with Crippen LogP contribution in [-0.2, 0) is 30.7 Å². The summed E-state index contributed by atoms with van der Waals surface area (Å²) in [6, 6.07) is 20.2. The van der Waals surface area contributed by atoms with Gasteiger partial charge in [-0.05, 0) is 65.3 Å². The Morgan fingerprint density at radius 1 is 0.923 bits per heavy atom. The van der Waals surface area contributed by atoms with Gasteiger partial charge in [-0.25, -0.2) is 8.78 Å². The molecule has 0 spiro atoms. The molecule has 0 bridgehead atoms. The van der Waals surface area contributed by atoms with Crippen LogP contribution in [0.25, 0.3) is 10.9 Å². The molecule has 0 aliphatic carbocycles. The lowest BCUT2D eigenvalue weighted by Crippen LogP contribution is -2.45. The number of carbonyl (C=O) groups is 1. The van der Waals surface area contributed by atoms with E-state index in [-0.39, 0.29) is 17.6 Å². The number of benzene rings is 3. The Morgan fingerprint density at radius 2 is 1.62 bits per heavy atom. The number of nitrogens with one attached hydrogen (secondary N) is 2. The molecule has 0 aliphatic rings. The van der Waals surface area contributed by atoms with Crippen LogP contribution in [0.2, 0.25) is 0 Å². The number of nitrogens with zero attached hydrogens (tertiary/aromatic N) is 1. The number of thiol groups is 1. The second-order valence-corrected chi connectivity index (χ2v) is 11.4. The molecular weight excluding hydrogens is 512 g/mol. The maximum Gasteiger partial charge on any atom is 0.217 e. The highest BCUT2D eigenvalue weighted by molar-refractivity contribution is 7.81. The zero-order valence-electron chi connectivity index (χ0n) is 22.8. The van der Waals surface area contributed by atoms with Gasteiger partial charge in [0.2, 0.25) is 5.91 Å². The molecule has 4 rings (SSSR count). The minimum atomic E-state index is -0.635. The summed E-state index contributed by atoms with van der Waals surface area (Å²) in [5.41, 5.74) is 5.42. The summed E-state index contributed by atoms with van der Waals surface area (Å²) >= 11 is 4.77. The number of carbonyl (C=O) groups excluding carboxylic acids is 1. The minimum absolute atomic E-state index is 0.210. The Balaban J connectivity index is 1.52. The summed E-state index contributed by atoms with van der Waals surface area (Å²) in [4.78, 5) is 11.9. The van der Waals surface area contributed by atoms with Gasteiger partial charge in [0.1, 0.15) is 11.6 Å². The maximum absolute atomic E-state index is 13.8. The van der Waals surface area contributed by atoms with E-state index in [0.717, 1.165) is 19.0 Å². The lowest BCUT2D eigenvalue weighted by molar-refractivity contribution is -0.119. The van der Waals surface area contributed by atoms with Gasteiger partial charge >= 0.3 is 0 Å². The average Bonchev–Trinajstić information content (AvgIpc) is 3.25. The van der Waals surface area contributed by atoms with Gasteiger partial charge in [0, 0.05) is 55.5 Å². The van der Waals surface area contributed by atoms with Gasteiger partial charge in [-0.3, -0.25) is 4.79 Å². The quantitative estimate of drug-likeness (QED) is 0.182. The Hall–Kier alpha value is -3.16. The second kappa shape index (κ2) is 13.3. The summed E-state index contributed by atoms with van der Waals surface area (Å²) in [7, 11) is 0. The molecule has 1 amide bonds. The summed E-state index contributed by atoms with van der Waals surface area (Å²) in [6.45, 7) is 7.79. The third kappa shape index (κ3) is 8.16. The van der Waals surface area contributed by atoms with Crippen LogP contribution in [0.15, 0.2) is 72.9 Å². The van der Waals surface area contributed by atoms with Crippen LogP contribution in [0.3, 0.4) is 0 Å². The Morgan fingerprint density at radius 3 is 2.28 bits per heavy atom. The van der Waals surface area contributed by atoms with Crippen LogP contribution in [0, 0.1) is 17.6 Å². The van der Waals surface area contributed by atoms with Gasteiger partial charge in [-0.2, -0.15) is 12.6 Å². The lowest BCUT2D eigenvalue weighted by Gasteiger charge is -2.25. The van der Waals surface area contributed by atoms with Crippen LogP contribution in [0.4, 0.5) is 8.78 Å². The molecule has 0 saturated heterocycles. The van der Waals surface area contributed by atoms with Crippen LogP contribution in [-0.4, -0.2) is 28.3 Å². The maximum atomic E-state index is 13.8.